The van der Waals surface area contributed by atoms with Crippen molar-refractivity contribution < 1.29 is 49.0 Å². The summed E-state index contributed by atoms with van der Waals surface area (Å²) in [4.78, 5) is 0. The fourth-order valence-electron chi connectivity index (χ4n) is 4.78. The molecule has 42 heavy (non-hydrogen) atoms. The van der Waals surface area contributed by atoms with Gasteiger partial charge < -0.3 is 24.8 Å². The van der Waals surface area contributed by atoms with Gasteiger partial charge in [0.2, 0.25) is 0 Å². The Bertz CT molecular complexity index is 1390. The zero-order chi connectivity index (χ0) is 28.8. The van der Waals surface area contributed by atoms with Crippen molar-refractivity contribution in [1.29, 1.82) is 0 Å². The van der Waals surface area contributed by atoms with Gasteiger partial charge in [0.1, 0.15) is 0 Å². The third-order valence-corrected chi connectivity index (χ3v) is 12.8. The minimum Gasteiger partial charge on any atom is -1.00 e. The first-order chi connectivity index (χ1) is 19.0. The van der Waals surface area contributed by atoms with Gasteiger partial charge in [0, 0.05) is 0 Å². The van der Waals surface area contributed by atoms with Crippen LogP contribution in [-0.2, 0) is 30.7 Å². The molecule has 0 amide bonds. The summed E-state index contributed by atoms with van der Waals surface area (Å²) in [7, 11) is -2.39. The van der Waals surface area contributed by atoms with E-state index in [1.165, 1.54) is 71.2 Å². The molecule has 0 unspecified atom stereocenters. The van der Waals surface area contributed by atoms with Crippen molar-refractivity contribution >= 4 is 29.7 Å². The zero-order valence-corrected chi connectivity index (χ0v) is 31.5. The maximum Gasteiger partial charge on any atom is -0.0253 e. The molecule has 6 rings (SSSR count). The van der Waals surface area contributed by atoms with Crippen molar-refractivity contribution in [2.75, 3.05) is 0 Å². The number of allylic oxidation sites excluding steroid dienone is 4. The van der Waals surface area contributed by atoms with Crippen LogP contribution in [0.1, 0.15) is 28.7 Å². The number of hydrogen-bond acceptors (Lipinski definition) is 0. The second-order valence-electron chi connectivity index (χ2n) is 12.4. The largest absolute Gasteiger partial charge is 1.00 e. The van der Waals surface area contributed by atoms with E-state index in [9.17, 15) is 0 Å². The minimum absolute atomic E-state index is 0. The Balaban J connectivity index is 0.000000258. The van der Waals surface area contributed by atoms with Crippen LogP contribution >= 0.6 is 0 Å². The Morgan fingerprint density at radius 3 is 1.64 bits per heavy atom. The van der Waals surface area contributed by atoms with Gasteiger partial charge in [0.25, 0.3) is 0 Å². The van der Waals surface area contributed by atoms with Crippen LogP contribution in [0, 0.1) is 12.1 Å². The summed E-state index contributed by atoms with van der Waals surface area (Å²) in [6, 6.07) is 36.7. The molecular formula is C37H40Cl2Si2Zr-2. The quantitative estimate of drug-likeness (QED) is 0.199. The summed E-state index contributed by atoms with van der Waals surface area (Å²) in [6.07, 6.45) is 11.0. The van der Waals surface area contributed by atoms with Gasteiger partial charge in [-0.3, -0.25) is 6.08 Å². The Morgan fingerprint density at radius 2 is 1.19 bits per heavy atom. The number of fused-ring (bicyclic) bond motifs is 3. The molecule has 5 heteroatoms. The summed E-state index contributed by atoms with van der Waals surface area (Å²) in [5, 5.41) is 3.07. The van der Waals surface area contributed by atoms with E-state index in [2.05, 4.69) is 142 Å². The van der Waals surface area contributed by atoms with Crippen LogP contribution in [0.2, 0.25) is 39.3 Å². The van der Waals surface area contributed by atoms with E-state index >= 15 is 0 Å². The third-order valence-electron chi connectivity index (χ3n) is 7.28. The fourth-order valence-corrected chi connectivity index (χ4v) is 7.93. The maximum atomic E-state index is 3.30. The second kappa shape index (κ2) is 16.3. The summed E-state index contributed by atoms with van der Waals surface area (Å²) in [5.41, 5.74) is 8.26. The molecule has 0 radical (unpaired) electrons. The van der Waals surface area contributed by atoms with E-state index in [1.54, 1.807) is 0 Å². The molecule has 2 aliphatic rings. The van der Waals surface area contributed by atoms with Crippen molar-refractivity contribution in [1.82, 2.24) is 0 Å². The smallest absolute Gasteiger partial charge is 0.0253 e. The maximum absolute atomic E-state index is 3.30. The second-order valence-corrected chi connectivity index (χ2v) is 23.8. The normalized spacial score (nSPS) is 12.4. The molecule has 0 saturated carbocycles. The molecule has 0 saturated heterocycles. The third kappa shape index (κ3) is 9.83. The predicted octanol–water partition coefficient (Wildman–Crippen LogP) is 2.26. The van der Waals surface area contributed by atoms with Crippen LogP contribution in [0.3, 0.4) is 0 Å². The van der Waals surface area contributed by atoms with Crippen LogP contribution in [-0.4, -0.2) is 19.4 Å². The Hall–Kier alpha value is -1.87. The summed E-state index contributed by atoms with van der Waals surface area (Å²) >= 11 is 1.48. The Kier molecular flexibility index (Phi) is 14.1. The number of hydrogen-bond donors (Lipinski definition) is 0. The number of rotatable bonds is 4. The monoisotopic (exact) mass is 700 g/mol. The van der Waals surface area contributed by atoms with Crippen molar-refractivity contribution in [2.24, 2.45) is 0 Å². The van der Waals surface area contributed by atoms with E-state index in [0.717, 1.165) is 12.8 Å². The van der Waals surface area contributed by atoms with Gasteiger partial charge in [-0.05, 0) is 6.42 Å². The summed E-state index contributed by atoms with van der Waals surface area (Å²) in [5.74, 6) is 0. The first kappa shape index (κ1) is 36.3. The molecule has 2 aliphatic carbocycles. The summed E-state index contributed by atoms with van der Waals surface area (Å²) < 4.78 is 1.46. The molecule has 216 valence electrons. The number of benzene rings is 4. The van der Waals surface area contributed by atoms with E-state index in [1.807, 2.05) is 18.2 Å². The van der Waals surface area contributed by atoms with E-state index < -0.39 is 16.1 Å². The molecule has 0 aliphatic heterocycles. The standard InChI is InChI=1S/C19H26Si2.C13H9.C5H5.2ClH.Zr/c1-20(2,3)18-11-7-16(8-12-18)15-17-9-13-19(14-10-17)21(4,5)6;1-3-7-12-10(5-1)9-11-6-2-4-8-13(11)12;1-2-4-5-3-1;;;/h7-14H,1-6H3;1-5,7-8H,9H2;1-3H,4H2;2*1H;/q;2*-1;;;+2/p-2. The van der Waals surface area contributed by atoms with Crippen LogP contribution in [0.15, 0.2) is 109 Å². The van der Waals surface area contributed by atoms with Gasteiger partial charge in [-0.2, -0.15) is 35.9 Å². The van der Waals surface area contributed by atoms with Crippen LogP contribution in [0.4, 0.5) is 0 Å². The van der Waals surface area contributed by atoms with Gasteiger partial charge in [0.15, 0.2) is 0 Å². The molecule has 0 heterocycles. The van der Waals surface area contributed by atoms with Gasteiger partial charge in [-0.25, -0.2) is 12.2 Å². The van der Waals surface area contributed by atoms with Crippen LogP contribution < -0.4 is 35.2 Å². The molecule has 4 aromatic rings. The molecule has 0 bridgehead atoms. The molecule has 0 nitrogen and oxygen atoms in total. The first-order valence-corrected chi connectivity index (χ1v) is 22.4. The van der Waals surface area contributed by atoms with Crippen LogP contribution in [0.5, 0.6) is 0 Å². The average molecular weight is 703 g/mol. The Morgan fingerprint density at radius 1 is 0.667 bits per heavy atom. The van der Waals surface area contributed by atoms with Crippen LogP contribution in [0.25, 0.3) is 11.1 Å². The first-order valence-electron chi connectivity index (χ1n) is 14.1. The van der Waals surface area contributed by atoms with Crippen molar-refractivity contribution in [3.8, 4) is 11.1 Å². The van der Waals surface area contributed by atoms with Gasteiger partial charge in [-0.1, -0.05) is 35.4 Å². The SMILES string of the molecule is C[Si](C)(C)c1ccc([C](=[Zr+2])c2ccc([Si](C)(C)C)cc2)cc1.[C-]1=CC=CC1.[Cl-].[Cl-].[c-]1cccc2c1Cc1ccccc1-2. The van der Waals surface area contributed by atoms with Gasteiger partial charge in [0.05, 0.1) is 0 Å². The minimum atomic E-state index is -1.20. The molecule has 0 atom stereocenters. The number of halogens is 2. The predicted molar refractivity (Wildman–Crippen MR) is 177 cm³/mol. The molecule has 0 aromatic heterocycles. The molecule has 0 N–H and O–H groups in total. The summed E-state index contributed by atoms with van der Waals surface area (Å²) in [6.45, 7) is 14.4. The van der Waals surface area contributed by atoms with Crippen molar-refractivity contribution in [2.45, 2.75) is 52.1 Å². The van der Waals surface area contributed by atoms with E-state index in [0.29, 0.717) is 0 Å². The van der Waals surface area contributed by atoms with Crippen molar-refractivity contribution in [3.05, 3.63) is 144 Å². The topological polar surface area (TPSA) is 0 Å². The molecule has 0 fully saturated rings. The van der Waals surface area contributed by atoms with E-state index in [4.69, 9.17) is 0 Å². The average Bonchev–Trinajstić information content (AvgIpc) is 3.64. The molecule has 0 spiro atoms. The molecule has 4 aromatic carbocycles. The van der Waals surface area contributed by atoms with E-state index in [-0.39, 0.29) is 24.8 Å². The van der Waals surface area contributed by atoms with Gasteiger partial charge >= 0.3 is 153 Å². The zero-order valence-electron chi connectivity index (χ0n) is 25.6. The van der Waals surface area contributed by atoms with Gasteiger partial charge in [-0.15, -0.1) is 12.0 Å². The Labute approximate surface area is 283 Å². The molecular weight excluding hydrogens is 663 g/mol. The van der Waals surface area contributed by atoms with Crippen molar-refractivity contribution in [3.63, 3.8) is 0 Å². The fraction of sp³-hybridized carbons (Fsp3) is 0.216.